The van der Waals surface area contributed by atoms with Gasteiger partial charge in [-0.25, -0.2) is 0 Å². The second-order valence-electron chi connectivity index (χ2n) is 7.36. The summed E-state index contributed by atoms with van der Waals surface area (Å²) in [4.78, 5) is 21.6. The van der Waals surface area contributed by atoms with Crippen LogP contribution < -0.4 is 9.47 Å². The van der Waals surface area contributed by atoms with Gasteiger partial charge in [0.1, 0.15) is 11.5 Å². The fraction of sp³-hybridized carbons (Fsp3) is 0.348. The maximum absolute atomic E-state index is 12.9. The Bertz CT molecular complexity index is 1030. The van der Waals surface area contributed by atoms with Crippen molar-refractivity contribution in [2.24, 2.45) is 0 Å². The summed E-state index contributed by atoms with van der Waals surface area (Å²) in [5, 5.41) is 0.457. The summed E-state index contributed by atoms with van der Waals surface area (Å²) in [6, 6.07) is 15.1. The van der Waals surface area contributed by atoms with Gasteiger partial charge in [0.25, 0.3) is 11.1 Å². The van der Waals surface area contributed by atoms with E-state index in [0.29, 0.717) is 28.8 Å². The maximum atomic E-state index is 12.9. The van der Waals surface area contributed by atoms with Gasteiger partial charge in [-0.1, -0.05) is 25.1 Å². The lowest BCUT2D eigenvalue weighted by molar-refractivity contribution is 0.0643. The second-order valence-corrected chi connectivity index (χ2v) is 8.08. The average molecular weight is 439 g/mol. The van der Waals surface area contributed by atoms with Gasteiger partial charge in [0.15, 0.2) is 5.82 Å². The van der Waals surface area contributed by atoms with Crippen LogP contribution >= 0.6 is 11.5 Å². The van der Waals surface area contributed by atoms with Crippen molar-refractivity contribution in [1.82, 2.24) is 19.2 Å². The molecule has 1 aromatic heterocycles. The molecule has 31 heavy (non-hydrogen) atoms. The highest BCUT2D eigenvalue weighted by atomic mass is 32.1. The largest absolute Gasteiger partial charge is 0.497 e. The molecule has 0 atom stereocenters. The van der Waals surface area contributed by atoms with Gasteiger partial charge < -0.3 is 19.3 Å². The van der Waals surface area contributed by atoms with Gasteiger partial charge in [0.05, 0.1) is 7.11 Å². The molecule has 1 aliphatic heterocycles. The first-order chi connectivity index (χ1) is 15.1. The number of carbonyl (C=O) groups is 1. The lowest BCUT2D eigenvalue weighted by Gasteiger charge is -2.34. The third-order valence-corrected chi connectivity index (χ3v) is 5.97. The maximum Gasteiger partial charge on any atom is 0.298 e. The monoisotopic (exact) mass is 438 g/mol. The summed E-state index contributed by atoms with van der Waals surface area (Å²) in [7, 11) is 1.65. The van der Waals surface area contributed by atoms with Crippen molar-refractivity contribution in [2.75, 3.05) is 39.8 Å². The number of piperazine rings is 1. The van der Waals surface area contributed by atoms with Crippen LogP contribution in [-0.4, -0.2) is 64.9 Å². The van der Waals surface area contributed by atoms with E-state index in [1.807, 2.05) is 47.4 Å². The van der Waals surface area contributed by atoms with Crippen LogP contribution in [0.4, 0.5) is 0 Å². The number of hydrogen-bond acceptors (Lipinski definition) is 7. The first kappa shape index (κ1) is 21.3. The third-order valence-electron chi connectivity index (χ3n) is 5.34. The zero-order valence-electron chi connectivity index (χ0n) is 17.8. The number of benzene rings is 2. The van der Waals surface area contributed by atoms with E-state index >= 15 is 0 Å². The molecule has 3 aromatic rings. The third kappa shape index (κ3) is 5.39. The average Bonchev–Trinajstić information content (AvgIpc) is 3.25. The number of aromatic nitrogens is 2. The molecule has 0 bridgehead atoms. The Hall–Kier alpha value is -2.97. The number of rotatable bonds is 7. The molecule has 0 aliphatic carbocycles. The summed E-state index contributed by atoms with van der Waals surface area (Å²) in [6.07, 6.45) is 0.597. The van der Waals surface area contributed by atoms with Gasteiger partial charge in [-0.15, -0.1) is 0 Å². The van der Waals surface area contributed by atoms with E-state index in [9.17, 15) is 4.79 Å². The number of hydrogen-bond donors (Lipinski definition) is 0. The Balaban J connectivity index is 1.39. The molecule has 2 heterocycles. The lowest BCUT2D eigenvalue weighted by atomic mass is 10.1. The molecule has 1 fully saturated rings. The molecule has 0 N–H and O–H groups in total. The number of amides is 1. The first-order valence-corrected chi connectivity index (χ1v) is 11.2. The number of methoxy groups -OCH3 is 1. The van der Waals surface area contributed by atoms with E-state index in [1.54, 1.807) is 13.2 Å². The van der Waals surface area contributed by atoms with Gasteiger partial charge in [-0.3, -0.25) is 4.79 Å². The summed E-state index contributed by atoms with van der Waals surface area (Å²) in [5.74, 6) is 2.12. The van der Waals surface area contributed by atoms with Crippen LogP contribution in [0.3, 0.4) is 0 Å². The first-order valence-electron chi connectivity index (χ1n) is 10.4. The molecule has 0 radical (unpaired) electrons. The zero-order valence-corrected chi connectivity index (χ0v) is 18.6. The second kappa shape index (κ2) is 9.89. The van der Waals surface area contributed by atoms with Crippen molar-refractivity contribution in [3.63, 3.8) is 0 Å². The van der Waals surface area contributed by atoms with Crippen LogP contribution in [0.5, 0.6) is 16.7 Å². The zero-order chi connectivity index (χ0) is 21.6. The number of carbonyl (C=O) groups excluding carboxylic acids is 1. The highest BCUT2D eigenvalue weighted by Gasteiger charge is 2.21. The minimum absolute atomic E-state index is 0.0391. The smallest absolute Gasteiger partial charge is 0.298 e. The number of nitrogens with zero attached hydrogens (tertiary/aromatic N) is 4. The molecular formula is C23H26N4O3S. The summed E-state index contributed by atoms with van der Waals surface area (Å²) in [5.41, 5.74) is 1.70. The molecule has 2 aromatic carbocycles. The van der Waals surface area contributed by atoms with Crippen LogP contribution in [0.1, 0.15) is 28.7 Å². The predicted octanol–water partition coefficient (Wildman–Crippen LogP) is 3.71. The van der Waals surface area contributed by atoms with Gasteiger partial charge in [0, 0.05) is 49.7 Å². The van der Waals surface area contributed by atoms with Crippen LogP contribution in [0.15, 0.2) is 48.5 Å². The standard InChI is InChI=1S/C23H26N4O3S/c1-3-26-10-12-27(13-11-26)22(28)18-7-5-9-20(16-18)30-23-24-21(25-31-23)15-17-6-4-8-19(14-17)29-2/h4-9,14,16H,3,10-13,15H2,1-2H3. The van der Waals surface area contributed by atoms with Gasteiger partial charge in [0.2, 0.25) is 0 Å². The van der Waals surface area contributed by atoms with Crippen LogP contribution in [-0.2, 0) is 6.42 Å². The molecule has 1 aliphatic rings. The molecule has 0 spiro atoms. The summed E-state index contributed by atoms with van der Waals surface area (Å²) < 4.78 is 15.6. The van der Waals surface area contributed by atoms with E-state index in [0.717, 1.165) is 44.0 Å². The SMILES string of the molecule is CCN1CCN(C(=O)c2cccc(Oc3nc(Cc4cccc(OC)c4)ns3)c2)CC1. The van der Waals surface area contributed by atoms with E-state index in [4.69, 9.17) is 9.47 Å². The van der Waals surface area contributed by atoms with Gasteiger partial charge in [-0.2, -0.15) is 9.36 Å². The Morgan fingerprint density at radius 3 is 2.61 bits per heavy atom. The molecule has 7 nitrogen and oxygen atoms in total. The number of ether oxygens (including phenoxy) is 2. The molecule has 162 valence electrons. The van der Waals surface area contributed by atoms with E-state index in [-0.39, 0.29) is 5.91 Å². The quantitative estimate of drug-likeness (QED) is 0.560. The molecule has 1 amide bonds. The summed E-state index contributed by atoms with van der Waals surface area (Å²) in [6.45, 7) is 6.50. The van der Waals surface area contributed by atoms with E-state index in [2.05, 4.69) is 21.2 Å². The Kier molecular flexibility index (Phi) is 6.79. The van der Waals surface area contributed by atoms with Crippen molar-refractivity contribution < 1.29 is 14.3 Å². The van der Waals surface area contributed by atoms with Crippen molar-refractivity contribution in [3.05, 3.63) is 65.5 Å². The summed E-state index contributed by atoms with van der Waals surface area (Å²) >= 11 is 1.20. The molecule has 0 unspecified atom stereocenters. The van der Waals surface area contributed by atoms with Crippen molar-refractivity contribution in [3.8, 4) is 16.7 Å². The van der Waals surface area contributed by atoms with E-state index in [1.165, 1.54) is 11.5 Å². The fourth-order valence-electron chi connectivity index (χ4n) is 3.56. The van der Waals surface area contributed by atoms with Gasteiger partial charge in [-0.05, 0) is 42.4 Å². The minimum Gasteiger partial charge on any atom is -0.497 e. The highest BCUT2D eigenvalue weighted by Crippen LogP contribution is 2.25. The minimum atomic E-state index is 0.0391. The van der Waals surface area contributed by atoms with Gasteiger partial charge >= 0.3 is 0 Å². The molecule has 0 saturated carbocycles. The van der Waals surface area contributed by atoms with Crippen molar-refractivity contribution in [1.29, 1.82) is 0 Å². The fourth-order valence-corrected chi connectivity index (χ4v) is 4.13. The number of likely N-dealkylation sites (N-methyl/N-ethyl adjacent to an activating group) is 1. The molecule has 8 heteroatoms. The normalized spacial score (nSPS) is 14.5. The highest BCUT2D eigenvalue weighted by molar-refractivity contribution is 7.07. The van der Waals surface area contributed by atoms with Crippen molar-refractivity contribution in [2.45, 2.75) is 13.3 Å². The Labute approximate surface area is 186 Å². The van der Waals surface area contributed by atoms with E-state index < -0.39 is 0 Å². The van der Waals surface area contributed by atoms with Crippen molar-refractivity contribution >= 4 is 17.4 Å². The molecule has 1 saturated heterocycles. The van der Waals surface area contributed by atoms with Crippen LogP contribution in [0.25, 0.3) is 0 Å². The predicted molar refractivity (Wildman–Crippen MR) is 120 cm³/mol. The van der Waals surface area contributed by atoms with Crippen LogP contribution in [0.2, 0.25) is 0 Å². The topological polar surface area (TPSA) is 67.8 Å². The Morgan fingerprint density at radius 2 is 1.84 bits per heavy atom. The van der Waals surface area contributed by atoms with Crippen LogP contribution in [0, 0.1) is 0 Å². The molecule has 4 rings (SSSR count). The Morgan fingerprint density at radius 1 is 1.06 bits per heavy atom. The lowest BCUT2D eigenvalue weighted by Crippen LogP contribution is -2.48. The molecular weight excluding hydrogens is 412 g/mol.